The molecule has 0 saturated heterocycles. The average Bonchev–Trinajstić information content (AvgIpc) is 2.89. The largest absolute Gasteiger partial charge is 0.208 e. The molecule has 0 aliphatic heterocycles. The minimum absolute atomic E-state index is 0.656. The summed E-state index contributed by atoms with van der Waals surface area (Å²) in [6.45, 7) is 0. The lowest BCUT2D eigenvalue weighted by molar-refractivity contribution is 1.08. The zero-order chi connectivity index (χ0) is 22.2. The highest BCUT2D eigenvalue weighted by Crippen LogP contribution is 2.34. The minimum Gasteiger partial charge on any atom is -0.208 e. The number of halogens is 1. The van der Waals surface area contributed by atoms with Crippen LogP contribution in [-0.4, -0.2) is 15.0 Å². The molecule has 0 bridgehead atoms. The van der Waals surface area contributed by atoms with Crippen LogP contribution >= 0.6 is 15.9 Å². The van der Waals surface area contributed by atoms with Gasteiger partial charge in [-0.3, -0.25) is 0 Å². The molecule has 0 aliphatic carbocycles. The van der Waals surface area contributed by atoms with Crippen LogP contribution in [0.5, 0.6) is 0 Å². The molecular weight excluding hydrogens is 470 g/mol. The summed E-state index contributed by atoms with van der Waals surface area (Å²) in [5.41, 5.74) is 2.91. The van der Waals surface area contributed by atoms with Crippen molar-refractivity contribution in [1.82, 2.24) is 15.0 Å². The van der Waals surface area contributed by atoms with Gasteiger partial charge in [-0.25, -0.2) is 15.0 Å². The Balaban J connectivity index is 1.66. The molecule has 0 atom stereocenters. The van der Waals surface area contributed by atoms with Crippen LogP contribution in [0.2, 0.25) is 0 Å². The van der Waals surface area contributed by atoms with Gasteiger partial charge in [0.15, 0.2) is 17.5 Å². The maximum Gasteiger partial charge on any atom is 0.164 e. The van der Waals surface area contributed by atoms with Crippen molar-refractivity contribution in [2.75, 3.05) is 0 Å². The van der Waals surface area contributed by atoms with Crippen molar-refractivity contribution in [3.05, 3.63) is 114 Å². The van der Waals surface area contributed by atoms with Crippen molar-refractivity contribution in [2.24, 2.45) is 0 Å². The third-order valence-electron chi connectivity index (χ3n) is 5.78. The lowest BCUT2D eigenvalue weighted by Crippen LogP contribution is -2.00. The molecule has 5 aromatic carbocycles. The van der Waals surface area contributed by atoms with Gasteiger partial charge in [-0.05, 0) is 39.7 Å². The van der Waals surface area contributed by atoms with Crippen LogP contribution in [0.1, 0.15) is 0 Å². The van der Waals surface area contributed by atoms with Gasteiger partial charge >= 0.3 is 0 Å². The van der Waals surface area contributed by atoms with Gasteiger partial charge < -0.3 is 0 Å². The SMILES string of the molecule is Brc1ccc(-c2nc(-c3ccccc3)nc(-c3cc4ccccc4c4ccccc34)n2)cc1. The van der Waals surface area contributed by atoms with Crippen molar-refractivity contribution < 1.29 is 0 Å². The maximum atomic E-state index is 4.95. The number of hydrogen-bond donors (Lipinski definition) is 0. The van der Waals surface area contributed by atoms with Gasteiger partial charge in [0.1, 0.15) is 0 Å². The highest BCUT2D eigenvalue weighted by Gasteiger charge is 2.15. The molecule has 0 unspecified atom stereocenters. The predicted octanol–water partition coefficient (Wildman–Crippen LogP) is 7.94. The molecule has 3 nitrogen and oxygen atoms in total. The first kappa shape index (κ1) is 19.8. The Morgan fingerprint density at radius 2 is 1.00 bits per heavy atom. The highest BCUT2D eigenvalue weighted by molar-refractivity contribution is 9.10. The lowest BCUT2D eigenvalue weighted by Gasteiger charge is -2.12. The molecule has 1 heterocycles. The zero-order valence-corrected chi connectivity index (χ0v) is 19.2. The van der Waals surface area contributed by atoms with E-state index >= 15 is 0 Å². The quantitative estimate of drug-likeness (QED) is 0.237. The summed E-state index contributed by atoms with van der Waals surface area (Å²) in [7, 11) is 0. The molecule has 0 spiro atoms. The van der Waals surface area contributed by atoms with E-state index in [4.69, 9.17) is 15.0 Å². The van der Waals surface area contributed by atoms with Crippen LogP contribution < -0.4 is 0 Å². The van der Waals surface area contributed by atoms with Crippen LogP contribution in [0, 0.1) is 0 Å². The summed E-state index contributed by atoms with van der Waals surface area (Å²) in [6, 6.07) is 37.2. The zero-order valence-electron chi connectivity index (χ0n) is 17.6. The van der Waals surface area contributed by atoms with E-state index in [-0.39, 0.29) is 0 Å². The Labute approximate surface area is 199 Å². The molecule has 0 saturated carbocycles. The van der Waals surface area contributed by atoms with Crippen LogP contribution in [-0.2, 0) is 0 Å². The Bertz CT molecular complexity index is 1610. The summed E-state index contributed by atoms with van der Waals surface area (Å²) >= 11 is 3.52. The summed E-state index contributed by atoms with van der Waals surface area (Å²) in [5, 5.41) is 4.71. The van der Waals surface area contributed by atoms with Crippen molar-refractivity contribution in [3.8, 4) is 34.2 Å². The third-order valence-corrected chi connectivity index (χ3v) is 6.31. The van der Waals surface area contributed by atoms with Gasteiger partial charge in [0.25, 0.3) is 0 Å². The van der Waals surface area contributed by atoms with Gasteiger partial charge in [-0.15, -0.1) is 0 Å². The maximum absolute atomic E-state index is 4.95. The molecule has 33 heavy (non-hydrogen) atoms. The normalized spacial score (nSPS) is 11.2. The molecular formula is C29H18BrN3. The van der Waals surface area contributed by atoms with E-state index < -0.39 is 0 Å². The second kappa shape index (κ2) is 8.23. The van der Waals surface area contributed by atoms with Crippen molar-refractivity contribution in [3.63, 3.8) is 0 Å². The molecule has 0 amide bonds. The monoisotopic (exact) mass is 487 g/mol. The Kier molecular flexibility index (Phi) is 4.93. The molecule has 0 radical (unpaired) electrons. The number of benzene rings is 5. The highest BCUT2D eigenvalue weighted by atomic mass is 79.9. The molecule has 0 aliphatic rings. The average molecular weight is 488 g/mol. The van der Waals surface area contributed by atoms with Crippen molar-refractivity contribution in [1.29, 1.82) is 0 Å². The van der Waals surface area contributed by atoms with Crippen molar-refractivity contribution in [2.45, 2.75) is 0 Å². The Hall–Kier alpha value is -3.89. The number of rotatable bonds is 3. The Morgan fingerprint density at radius 1 is 0.455 bits per heavy atom. The summed E-state index contributed by atoms with van der Waals surface area (Å²) in [5.74, 6) is 1.99. The van der Waals surface area contributed by atoms with E-state index in [0.29, 0.717) is 17.5 Å². The fourth-order valence-electron chi connectivity index (χ4n) is 4.18. The first-order valence-electron chi connectivity index (χ1n) is 10.7. The van der Waals surface area contributed by atoms with Gasteiger partial charge in [-0.2, -0.15) is 0 Å². The molecule has 4 heteroatoms. The van der Waals surface area contributed by atoms with Gasteiger partial charge in [0.05, 0.1) is 0 Å². The summed E-state index contributed by atoms with van der Waals surface area (Å²) in [4.78, 5) is 14.7. The van der Waals surface area contributed by atoms with Gasteiger partial charge in [-0.1, -0.05) is 107 Å². The van der Waals surface area contributed by atoms with E-state index in [1.807, 2.05) is 54.6 Å². The summed E-state index contributed by atoms with van der Waals surface area (Å²) < 4.78 is 1.02. The second-order valence-corrected chi connectivity index (χ2v) is 8.79. The molecule has 1 aromatic heterocycles. The standard InChI is InChI=1S/C29H18BrN3/c30-22-16-14-20(15-17-22)28-31-27(19-8-2-1-3-9-19)32-29(33-28)26-18-21-10-4-5-11-23(21)24-12-6-7-13-25(24)26/h1-18H. The van der Waals surface area contributed by atoms with Crippen LogP contribution in [0.25, 0.3) is 55.7 Å². The van der Waals surface area contributed by atoms with E-state index in [9.17, 15) is 0 Å². The molecule has 156 valence electrons. The number of nitrogens with zero attached hydrogens (tertiary/aromatic N) is 3. The smallest absolute Gasteiger partial charge is 0.164 e. The Morgan fingerprint density at radius 3 is 1.73 bits per heavy atom. The van der Waals surface area contributed by atoms with E-state index in [2.05, 4.69) is 70.5 Å². The van der Waals surface area contributed by atoms with E-state index in [1.54, 1.807) is 0 Å². The molecule has 0 N–H and O–H groups in total. The van der Waals surface area contributed by atoms with E-state index in [0.717, 1.165) is 31.9 Å². The lowest BCUT2D eigenvalue weighted by atomic mass is 9.97. The van der Waals surface area contributed by atoms with Crippen LogP contribution in [0.4, 0.5) is 0 Å². The topological polar surface area (TPSA) is 38.7 Å². The summed E-state index contributed by atoms with van der Waals surface area (Å²) in [6.07, 6.45) is 0. The number of aromatic nitrogens is 3. The molecule has 6 rings (SSSR count). The second-order valence-electron chi connectivity index (χ2n) is 7.87. The van der Waals surface area contributed by atoms with Crippen molar-refractivity contribution >= 4 is 37.5 Å². The number of hydrogen-bond acceptors (Lipinski definition) is 3. The molecule has 6 aromatic rings. The van der Waals surface area contributed by atoms with Crippen LogP contribution in [0.3, 0.4) is 0 Å². The number of fused-ring (bicyclic) bond motifs is 3. The fraction of sp³-hybridized carbons (Fsp3) is 0. The molecule has 0 fully saturated rings. The van der Waals surface area contributed by atoms with Crippen LogP contribution in [0.15, 0.2) is 114 Å². The van der Waals surface area contributed by atoms with Gasteiger partial charge in [0.2, 0.25) is 0 Å². The van der Waals surface area contributed by atoms with E-state index in [1.165, 1.54) is 10.8 Å². The fourth-order valence-corrected chi connectivity index (χ4v) is 4.44. The minimum atomic E-state index is 0.656. The van der Waals surface area contributed by atoms with Gasteiger partial charge in [0, 0.05) is 21.2 Å². The first-order valence-corrected chi connectivity index (χ1v) is 11.5. The first-order chi connectivity index (χ1) is 16.3. The third kappa shape index (κ3) is 3.69. The predicted molar refractivity (Wildman–Crippen MR) is 139 cm³/mol.